The van der Waals surface area contributed by atoms with Crippen molar-refractivity contribution in [3.05, 3.63) is 0 Å². The number of hydrogen-bond donors (Lipinski definition) is 1. The topological polar surface area (TPSA) is 20.2 Å². The molecule has 0 aromatic heterocycles. The van der Waals surface area contributed by atoms with Gasteiger partial charge < -0.3 is 5.11 Å². The molecule has 11 heavy (non-hydrogen) atoms. The van der Waals surface area contributed by atoms with Crippen molar-refractivity contribution >= 4 is 0 Å². The van der Waals surface area contributed by atoms with E-state index in [-0.39, 0.29) is 13.5 Å². The Morgan fingerprint density at radius 2 is 1.36 bits per heavy atom. The number of hydrogen-bond acceptors (Lipinski definition) is 1. The van der Waals surface area contributed by atoms with Crippen LogP contribution in [0.1, 0.15) is 54.9 Å². The number of aliphatic hydroxyl groups is 1. The smallest absolute Gasteiger partial charge is 0.0512 e. The molecule has 1 heteroatoms. The Morgan fingerprint density at radius 3 is 1.45 bits per heavy atom. The van der Waals surface area contributed by atoms with Crippen molar-refractivity contribution in [1.82, 2.24) is 0 Å². The maximum Gasteiger partial charge on any atom is 0.0512 e. The van der Waals surface area contributed by atoms with Gasteiger partial charge in [-0.15, -0.1) is 0 Å². The molecule has 1 atom stereocenters. The van der Waals surface area contributed by atoms with Crippen molar-refractivity contribution in [2.24, 2.45) is 5.92 Å². The zero-order chi connectivity index (χ0) is 8.57. The quantitative estimate of drug-likeness (QED) is 0.673. The van der Waals surface area contributed by atoms with Crippen LogP contribution in [0.2, 0.25) is 0 Å². The first kappa shape index (κ1) is 17.2. The second-order valence-corrected chi connectivity index (χ2v) is 2.82. The normalized spacial score (nSPS) is 11.2. The Kier molecular flexibility index (Phi) is 19.7. The fourth-order valence-corrected chi connectivity index (χ4v) is 0.575. The van der Waals surface area contributed by atoms with E-state index in [0.717, 1.165) is 18.8 Å². The maximum absolute atomic E-state index is 8.80. The minimum Gasteiger partial charge on any atom is -0.393 e. The van der Waals surface area contributed by atoms with Gasteiger partial charge in [0.15, 0.2) is 0 Å². The first-order valence-corrected chi connectivity index (χ1v) is 4.31. The largest absolute Gasteiger partial charge is 0.393 e. The second kappa shape index (κ2) is 12.6. The molecule has 0 aliphatic carbocycles. The molecule has 0 saturated carbocycles. The molecule has 1 nitrogen and oxygen atoms in total. The second-order valence-electron chi connectivity index (χ2n) is 2.82. The van der Waals surface area contributed by atoms with Crippen LogP contribution in [0.3, 0.4) is 0 Å². The van der Waals surface area contributed by atoms with Crippen molar-refractivity contribution in [2.75, 3.05) is 0 Å². The summed E-state index contributed by atoms with van der Waals surface area (Å²) in [6.45, 7) is 10.2. The van der Waals surface area contributed by atoms with Gasteiger partial charge in [-0.1, -0.05) is 35.1 Å². The third kappa shape index (κ3) is 25.7. The lowest BCUT2D eigenvalue weighted by Crippen LogP contribution is -2.00. The van der Waals surface area contributed by atoms with Gasteiger partial charge in [0, 0.05) is 0 Å². The molecule has 1 unspecified atom stereocenters. The highest BCUT2D eigenvalue weighted by Gasteiger charge is 1.96. The molecule has 0 heterocycles. The summed E-state index contributed by atoms with van der Waals surface area (Å²) in [6.07, 6.45) is 1.97. The first-order valence-electron chi connectivity index (χ1n) is 4.31. The molecular weight excluding hydrogens is 136 g/mol. The molecule has 0 aliphatic rings. The standard InChI is InChI=1S/C7H16O.C2H6.CH4/c1-6(2)4-5-7(3)8;1-2;/h6-8H,4-5H2,1-3H3;1-2H3;1H4. The number of aliphatic hydroxyl groups excluding tert-OH is 1. The van der Waals surface area contributed by atoms with Crippen LogP contribution in [-0.4, -0.2) is 11.2 Å². The van der Waals surface area contributed by atoms with Crippen molar-refractivity contribution < 1.29 is 5.11 Å². The third-order valence-corrected chi connectivity index (χ3v) is 1.16. The highest BCUT2D eigenvalue weighted by atomic mass is 16.3. The summed E-state index contributed by atoms with van der Waals surface area (Å²) in [5.74, 6) is 0.726. The van der Waals surface area contributed by atoms with Gasteiger partial charge in [-0.25, -0.2) is 0 Å². The predicted octanol–water partition coefficient (Wildman–Crippen LogP) is 3.47. The Labute approximate surface area is 72.8 Å². The molecule has 0 bridgehead atoms. The number of rotatable bonds is 3. The van der Waals surface area contributed by atoms with Gasteiger partial charge in [0.2, 0.25) is 0 Å². The molecule has 1 N–H and O–H groups in total. The summed E-state index contributed by atoms with van der Waals surface area (Å²) in [6, 6.07) is 0. The minimum atomic E-state index is -0.114. The summed E-state index contributed by atoms with van der Waals surface area (Å²) in [5.41, 5.74) is 0. The monoisotopic (exact) mass is 162 g/mol. The zero-order valence-corrected chi connectivity index (χ0v) is 8.02. The van der Waals surface area contributed by atoms with E-state index >= 15 is 0 Å². The fraction of sp³-hybridized carbons (Fsp3) is 1.00. The molecule has 0 fully saturated rings. The highest BCUT2D eigenvalue weighted by Crippen LogP contribution is 2.05. The Balaban J connectivity index is -0.000000196. The van der Waals surface area contributed by atoms with Gasteiger partial charge in [-0.3, -0.25) is 0 Å². The van der Waals surface area contributed by atoms with Crippen molar-refractivity contribution in [3.8, 4) is 0 Å². The van der Waals surface area contributed by atoms with E-state index in [9.17, 15) is 0 Å². The summed E-state index contributed by atoms with van der Waals surface area (Å²) in [4.78, 5) is 0. The average molecular weight is 162 g/mol. The third-order valence-electron chi connectivity index (χ3n) is 1.16. The molecule has 0 rings (SSSR count). The van der Waals surface area contributed by atoms with Crippen molar-refractivity contribution in [1.29, 1.82) is 0 Å². The molecule has 0 saturated heterocycles. The van der Waals surface area contributed by atoms with Crippen molar-refractivity contribution in [2.45, 2.75) is 61.0 Å². The van der Waals surface area contributed by atoms with Gasteiger partial charge in [0.25, 0.3) is 0 Å². The maximum atomic E-state index is 8.80. The summed E-state index contributed by atoms with van der Waals surface area (Å²) in [5, 5.41) is 8.80. The first-order chi connectivity index (χ1) is 4.63. The van der Waals surface area contributed by atoms with Crippen LogP contribution in [0, 0.1) is 5.92 Å². The van der Waals surface area contributed by atoms with Crippen LogP contribution in [0.5, 0.6) is 0 Å². The molecule has 0 spiro atoms. The molecule has 0 amide bonds. The summed E-state index contributed by atoms with van der Waals surface area (Å²) < 4.78 is 0. The van der Waals surface area contributed by atoms with Gasteiger partial charge in [-0.05, 0) is 25.7 Å². The molecule has 0 aromatic rings. The van der Waals surface area contributed by atoms with E-state index in [4.69, 9.17) is 5.11 Å². The predicted molar refractivity (Wildman–Crippen MR) is 53.8 cm³/mol. The summed E-state index contributed by atoms with van der Waals surface area (Å²) in [7, 11) is 0. The van der Waals surface area contributed by atoms with Gasteiger partial charge in [0.1, 0.15) is 0 Å². The summed E-state index contributed by atoms with van der Waals surface area (Å²) >= 11 is 0. The Morgan fingerprint density at radius 1 is 1.00 bits per heavy atom. The average Bonchev–Trinajstić information content (AvgIpc) is 1.89. The molecule has 0 aliphatic heterocycles. The van der Waals surface area contributed by atoms with E-state index in [1.54, 1.807) is 0 Å². The van der Waals surface area contributed by atoms with Crippen LogP contribution in [0.25, 0.3) is 0 Å². The lowest BCUT2D eigenvalue weighted by molar-refractivity contribution is 0.176. The lowest BCUT2D eigenvalue weighted by atomic mass is 10.1. The fourth-order valence-electron chi connectivity index (χ4n) is 0.575. The SMILES string of the molecule is C.CC.CC(C)CCC(C)O. The molecule has 0 aromatic carbocycles. The van der Waals surface area contributed by atoms with E-state index in [1.165, 1.54) is 0 Å². The Bertz CT molecular complexity index is 40.8. The van der Waals surface area contributed by atoms with Crippen molar-refractivity contribution in [3.63, 3.8) is 0 Å². The van der Waals surface area contributed by atoms with E-state index in [0.29, 0.717) is 0 Å². The Hall–Kier alpha value is -0.0400. The van der Waals surface area contributed by atoms with Crippen LogP contribution < -0.4 is 0 Å². The molecule has 0 radical (unpaired) electrons. The minimum absolute atomic E-state index is 0. The van der Waals surface area contributed by atoms with E-state index in [2.05, 4.69) is 13.8 Å². The van der Waals surface area contributed by atoms with Crippen LogP contribution in [-0.2, 0) is 0 Å². The van der Waals surface area contributed by atoms with Crippen LogP contribution in [0.15, 0.2) is 0 Å². The van der Waals surface area contributed by atoms with Gasteiger partial charge in [-0.2, -0.15) is 0 Å². The van der Waals surface area contributed by atoms with Gasteiger partial charge >= 0.3 is 0 Å². The molecule has 72 valence electrons. The molecular formula is C10H26O. The highest BCUT2D eigenvalue weighted by molar-refractivity contribution is 4.49. The van der Waals surface area contributed by atoms with E-state index < -0.39 is 0 Å². The zero-order valence-electron chi connectivity index (χ0n) is 8.02. The van der Waals surface area contributed by atoms with Gasteiger partial charge in [0.05, 0.1) is 6.10 Å². The van der Waals surface area contributed by atoms with E-state index in [1.807, 2.05) is 20.8 Å². The lowest BCUT2D eigenvalue weighted by Gasteiger charge is -2.04. The van der Waals surface area contributed by atoms with Crippen LogP contribution >= 0.6 is 0 Å². The van der Waals surface area contributed by atoms with Crippen LogP contribution in [0.4, 0.5) is 0 Å².